The quantitative estimate of drug-likeness (QED) is 0.681. The molecule has 0 bridgehead atoms. The summed E-state index contributed by atoms with van der Waals surface area (Å²) in [7, 11) is 1.76. The van der Waals surface area contributed by atoms with E-state index in [4.69, 9.17) is 5.84 Å². The van der Waals surface area contributed by atoms with Gasteiger partial charge in [0.1, 0.15) is 5.82 Å². The highest BCUT2D eigenvalue weighted by molar-refractivity contribution is 8.00. The monoisotopic (exact) mass is 291 g/mol. The third-order valence-electron chi connectivity index (χ3n) is 2.94. The number of carbonyl (C=O) groups excluding carboxylic acids is 1. The van der Waals surface area contributed by atoms with Gasteiger partial charge in [-0.25, -0.2) is 4.68 Å². The smallest absolute Gasteiger partial charge is 0.240 e. The fourth-order valence-corrected chi connectivity index (χ4v) is 2.60. The molecule has 0 radical (unpaired) electrons. The molecular weight excluding hydrogens is 274 g/mol. The molecule has 0 fully saturated rings. The fourth-order valence-electron chi connectivity index (χ4n) is 1.69. The van der Waals surface area contributed by atoms with Crippen molar-refractivity contribution in [2.45, 2.75) is 24.3 Å². The van der Waals surface area contributed by atoms with E-state index in [2.05, 4.69) is 10.2 Å². The lowest BCUT2D eigenvalue weighted by molar-refractivity contribution is -0.117. The Morgan fingerprint density at radius 3 is 2.55 bits per heavy atom. The van der Waals surface area contributed by atoms with Gasteiger partial charge in [0.15, 0.2) is 0 Å². The van der Waals surface area contributed by atoms with Crippen LogP contribution in [0.3, 0.4) is 0 Å². The van der Waals surface area contributed by atoms with Gasteiger partial charge < -0.3 is 10.7 Å². The first-order valence-electron chi connectivity index (χ1n) is 6.17. The number of aryl methyl sites for hydroxylation is 1. The highest BCUT2D eigenvalue weighted by Crippen LogP contribution is 2.23. The molecule has 0 aliphatic carbocycles. The van der Waals surface area contributed by atoms with Crippen molar-refractivity contribution in [1.29, 1.82) is 0 Å². The number of anilines is 1. The van der Waals surface area contributed by atoms with Gasteiger partial charge >= 0.3 is 0 Å². The third kappa shape index (κ3) is 2.93. The average molecular weight is 291 g/mol. The van der Waals surface area contributed by atoms with E-state index in [0.717, 1.165) is 5.69 Å². The van der Waals surface area contributed by atoms with Crippen LogP contribution < -0.4 is 10.7 Å². The molecule has 2 rings (SSSR count). The Bertz CT molecular complexity index is 598. The van der Waals surface area contributed by atoms with Crippen LogP contribution in [-0.2, 0) is 4.79 Å². The molecule has 0 aliphatic heterocycles. The van der Waals surface area contributed by atoms with E-state index in [9.17, 15) is 4.79 Å². The normalized spacial score (nSPS) is 12.2. The first kappa shape index (κ1) is 14.4. The Kier molecular flexibility index (Phi) is 4.29. The second kappa shape index (κ2) is 5.96. The third-order valence-corrected chi connectivity index (χ3v) is 3.98. The average Bonchev–Trinajstić information content (AvgIpc) is 2.78. The summed E-state index contributed by atoms with van der Waals surface area (Å²) in [5.74, 6) is 6.39. The number of hydrogen-bond acceptors (Lipinski definition) is 5. The van der Waals surface area contributed by atoms with Crippen LogP contribution in [0.5, 0.6) is 0 Å². The molecule has 2 aromatic rings. The van der Waals surface area contributed by atoms with Crippen molar-refractivity contribution < 1.29 is 4.79 Å². The molecule has 1 amide bonds. The molecule has 6 nitrogen and oxygen atoms in total. The summed E-state index contributed by atoms with van der Waals surface area (Å²) in [6.07, 6.45) is 0. The van der Waals surface area contributed by atoms with E-state index < -0.39 is 0 Å². The van der Waals surface area contributed by atoms with Crippen LogP contribution in [0.25, 0.3) is 0 Å². The van der Waals surface area contributed by atoms with Crippen LogP contribution in [0.15, 0.2) is 35.5 Å². The predicted octanol–water partition coefficient (Wildman–Crippen LogP) is 1.44. The summed E-state index contributed by atoms with van der Waals surface area (Å²) >= 11 is 1.30. The first-order valence-corrected chi connectivity index (χ1v) is 7.05. The van der Waals surface area contributed by atoms with Gasteiger partial charge in [-0.3, -0.25) is 4.79 Å². The lowest BCUT2D eigenvalue weighted by atomic mass is 10.3. The molecule has 0 aliphatic rings. The number of hydrogen-bond donors (Lipinski definition) is 1. The van der Waals surface area contributed by atoms with Gasteiger partial charge in [0.2, 0.25) is 11.1 Å². The number of rotatable bonds is 4. The molecule has 1 aromatic heterocycles. The number of benzene rings is 1. The number of amides is 1. The van der Waals surface area contributed by atoms with Crippen molar-refractivity contribution in [3.63, 3.8) is 0 Å². The lowest BCUT2D eigenvalue weighted by Gasteiger charge is -2.20. The van der Waals surface area contributed by atoms with E-state index >= 15 is 0 Å². The van der Waals surface area contributed by atoms with E-state index in [-0.39, 0.29) is 11.2 Å². The number of aromatic nitrogens is 3. The summed E-state index contributed by atoms with van der Waals surface area (Å²) in [6, 6.07) is 9.50. The Hall–Kier alpha value is -2.02. The zero-order valence-corrected chi connectivity index (χ0v) is 12.5. The van der Waals surface area contributed by atoms with E-state index in [0.29, 0.717) is 11.0 Å². The Labute approximate surface area is 121 Å². The van der Waals surface area contributed by atoms with Crippen LogP contribution in [0.2, 0.25) is 0 Å². The number of thioether (sulfide) groups is 1. The van der Waals surface area contributed by atoms with Gasteiger partial charge in [-0.1, -0.05) is 30.0 Å². The minimum Gasteiger partial charge on any atom is -0.336 e. The van der Waals surface area contributed by atoms with Gasteiger partial charge in [0, 0.05) is 12.7 Å². The van der Waals surface area contributed by atoms with Crippen molar-refractivity contribution in [2.24, 2.45) is 0 Å². The molecule has 1 aromatic carbocycles. The van der Waals surface area contributed by atoms with Crippen LogP contribution >= 0.6 is 11.8 Å². The molecule has 0 saturated carbocycles. The van der Waals surface area contributed by atoms with Gasteiger partial charge in [-0.15, -0.1) is 10.2 Å². The van der Waals surface area contributed by atoms with Crippen molar-refractivity contribution in [1.82, 2.24) is 14.9 Å². The van der Waals surface area contributed by atoms with Crippen molar-refractivity contribution in [2.75, 3.05) is 17.8 Å². The molecular formula is C13H17N5OS. The topological polar surface area (TPSA) is 77.0 Å². The first-order chi connectivity index (χ1) is 9.50. The van der Waals surface area contributed by atoms with Crippen molar-refractivity contribution in [3.8, 4) is 0 Å². The summed E-state index contributed by atoms with van der Waals surface area (Å²) < 4.78 is 1.39. The second-order valence-corrected chi connectivity index (χ2v) is 5.70. The minimum atomic E-state index is -0.300. The van der Waals surface area contributed by atoms with E-state index in [1.54, 1.807) is 18.9 Å². The molecule has 2 N–H and O–H groups in total. The second-order valence-electron chi connectivity index (χ2n) is 4.39. The molecule has 0 spiro atoms. The summed E-state index contributed by atoms with van der Waals surface area (Å²) in [6.45, 7) is 3.59. The standard InChI is InChI=1S/C13H17N5OS/c1-9(20-13-16-15-10(2)18(13)14)12(19)17(3)11-7-5-4-6-8-11/h4-9H,14H2,1-3H3. The number of nitrogen functional groups attached to an aromatic ring is 1. The minimum absolute atomic E-state index is 0.0122. The fraction of sp³-hybridized carbons (Fsp3) is 0.308. The lowest BCUT2D eigenvalue weighted by Crippen LogP contribution is -2.33. The molecule has 0 saturated heterocycles. The van der Waals surface area contributed by atoms with Gasteiger partial charge in [0.05, 0.1) is 5.25 Å². The molecule has 1 unspecified atom stereocenters. The molecule has 1 heterocycles. The van der Waals surface area contributed by atoms with Crippen LogP contribution in [-0.4, -0.2) is 33.1 Å². The van der Waals surface area contributed by atoms with Crippen LogP contribution in [0, 0.1) is 6.92 Å². The number of para-hydroxylation sites is 1. The Morgan fingerprint density at radius 2 is 2.00 bits per heavy atom. The molecule has 7 heteroatoms. The SMILES string of the molecule is Cc1nnc(SC(C)C(=O)N(C)c2ccccc2)n1N. The van der Waals surface area contributed by atoms with Gasteiger partial charge in [-0.05, 0) is 26.0 Å². The highest BCUT2D eigenvalue weighted by atomic mass is 32.2. The maximum absolute atomic E-state index is 12.4. The number of carbonyl (C=O) groups is 1. The maximum Gasteiger partial charge on any atom is 0.240 e. The zero-order chi connectivity index (χ0) is 14.7. The Balaban J connectivity index is 2.07. The molecule has 106 valence electrons. The van der Waals surface area contributed by atoms with E-state index in [1.165, 1.54) is 16.4 Å². The van der Waals surface area contributed by atoms with Crippen molar-refractivity contribution >= 4 is 23.4 Å². The summed E-state index contributed by atoms with van der Waals surface area (Å²) in [4.78, 5) is 14.0. The maximum atomic E-state index is 12.4. The summed E-state index contributed by atoms with van der Waals surface area (Å²) in [5.41, 5.74) is 0.857. The van der Waals surface area contributed by atoms with Gasteiger partial charge in [0.25, 0.3) is 0 Å². The van der Waals surface area contributed by atoms with Crippen molar-refractivity contribution in [3.05, 3.63) is 36.2 Å². The van der Waals surface area contributed by atoms with Crippen LogP contribution in [0.1, 0.15) is 12.7 Å². The molecule has 1 atom stereocenters. The number of nitrogens with zero attached hydrogens (tertiary/aromatic N) is 4. The van der Waals surface area contributed by atoms with Gasteiger partial charge in [-0.2, -0.15) is 0 Å². The van der Waals surface area contributed by atoms with E-state index in [1.807, 2.05) is 37.3 Å². The summed E-state index contributed by atoms with van der Waals surface area (Å²) in [5, 5.41) is 8.06. The van der Waals surface area contributed by atoms with Crippen LogP contribution in [0.4, 0.5) is 5.69 Å². The largest absolute Gasteiger partial charge is 0.336 e. The zero-order valence-electron chi connectivity index (χ0n) is 11.6. The predicted molar refractivity (Wildman–Crippen MR) is 80.1 cm³/mol. The Morgan fingerprint density at radius 1 is 1.35 bits per heavy atom. The molecule has 20 heavy (non-hydrogen) atoms. The highest BCUT2D eigenvalue weighted by Gasteiger charge is 2.22. The number of nitrogens with two attached hydrogens (primary N) is 1.